The molecule has 1 aliphatic heterocycles. The first-order chi connectivity index (χ1) is 23.8. The molecule has 51 heavy (non-hydrogen) atoms. The fourth-order valence-electron chi connectivity index (χ4n) is 14.0. The maximum absolute atomic E-state index is 15.5. The number of allylic oxidation sites excluding steroid dienone is 2. The van der Waals surface area contributed by atoms with Gasteiger partial charge in [0, 0.05) is 36.4 Å². The van der Waals surface area contributed by atoms with Crippen LogP contribution in [0.3, 0.4) is 0 Å². The van der Waals surface area contributed by atoms with Gasteiger partial charge in [-0.05, 0) is 130 Å². The molecule has 8 nitrogen and oxygen atoms in total. The number of phenols is 1. The fourth-order valence-corrected chi connectivity index (χ4v) is 14.0. The predicted octanol–water partition coefficient (Wildman–Crippen LogP) is 6.13. The Morgan fingerprint density at radius 1 is 1.02 bits per heavy atom. The Morgan fingerprint density at radius 3 is 2.37 bits per heavy atom. The molecule has 2 unspecified atom stereocenters. The summed E-state index contributed by atoms with van der Waals surface area (Å²) < 4.78 is 5.81. The average Bonchev–Trinajstić information content (AvgIpc) is 3.56. The molecule has 4 saturated carbocycles. The lowest BCUT2D eigenvalue weighted by molar-refractivity contribution is -0.201. The molecular weight excluding hydrogens is 640 g/mol. The van der Waals surface area contributed by atoms with Crippen molar-refractivity contribution in [3.8, 4) is 5.75 Å². The standard InChI is InChI=1S/C43H64N2O6/c1-24(15-31(48)36-39(5,6)51-36)34-29-11-12-33-40(7)23-42(27-16-26(22-44-9)17-28(47)18-27)13-10-14-43(29,20-32(34)49)41(33,8)19-30(45-21-25(2)46)35(40)38(3,4)37(42)50/h16-18,24-25,30-31,33,35-36,44-48H,10-15,19-23H2,1-9H3/t24-,25+,30+,31-,33?,35?,36+,40+,41+,42-,43+/m1/s1. The molecule has 5 aliphatic carbocycles. The van der Waals surface area contributed by atoms with E-state index in [0.29, 0.717) is 38.8 Å². The molecule has 6 aliphatic rings. The summed E-state index contributed by atoms with van der Waals surface area (Å²) in [4.78, 5) is 30.0. The van der Waals surface area contributed by atoms with Crippen molar-refractivity contribution >= 4 is 11.6 Å². The largest absolute Gasteiger partial charge is 0.508 e. The fraction of sp³-hybridized carbons (Fsp3) is 0.767. The molecule has 0 radical (unpaired) electrons. The second-order valence-corrected chi connectivity index (χ2v) is 19.6. The Hall–Kier alpha value is -2.10. The van der Waals surface area contributed by atoms with Gasteiger partial charge in [0.2, 0.25) is 0 Å². The molecule has 8 heteroatoms. The van der Waals surface area contributed by atoms with Crippen molar-refractivity contribution < 1.29 is 29.6 Å². The van der Waals surface area contributed by atoms with E-state index in [0.717, 1.165) is 48.8 Å². The van der Waals surface area contributed by atoms with Gasteiger partial charge in [0.15, 0.2) is 5.78 Å². The van der Waals surface area contributed by atoms with Crippen LogP contribution >= 0.6 is 0 Å². The van der Waals surface area contributed by atoms with Crippen molar-refractivity contribution in [1.82, 2.24) is 10.6 Å². The number of epoxide rings is 1. The van der Waals surface area contributed by atoms with Crippen LogP contribution in [0.5, 0.6) is 5.75 Å². The molecule has 1 aromatic rings. The number of hydrogen-bond donors (Lipinski definition) is 5. The second kappa shape index (κ2) is 12.2. The van der Waals surface area contributed by atoms with Crippen LogP contribution in [0.15, 0.2) is 29.3 Å². The van der Waals surface area contributed by atoms with Crippen LogP contribution < -0.4 is 10.6 Å². The van der Waals surface area contributed by atoms with E-state index in [1.54, 1.807) is 6.07 Å². The van der Waals surface area contributed by atoms with Crippen LogP contribution in [0, 0.1) is 39.4 Å². The van der Waals surface area contributed by atoms with Gasteiger partial charge in [-0.25, -0.2) is 0 Å². The van der Waals surface area contributed by atoms with Crippen molar-refractivity contribution in [2.75, 3.05) is 13.6 Å². The molecule has 1 aromatic carbocycles. The normalized spacial score (nSPS) is 41.0. The van der Waals surface area contributed by atoms with Crippen LogP contribution in [0.1, 0.15) is 124 Å². The van der Waals surface area contributed by atoms with Gasteiger partial charge in [-0.15, -0.1) is 0 Å². The summed E-state index contributed by atoms with van der Waals surface area (Å²) in [5.41, 5.74) is 1.57. The Morgan fingerprint density at radius 2 is 1.73 bits per heavy atom. The number of aliphatic hydroxyl groups excluding tert-OH is 2. The number of hydrogen-bond acceptors (Lipinski definition) is 8. The summed E-state index contributed by atoms with van der Waals surface area (Å²) in [6, 6.07) is 5.78. The van der Waals surface area contributed by atoms with Gasteiger partial charge >= 0.3 is 0 Å². The number of nitrogens with one attached hydrogen (secondary N) is 2. The summed E-state index contributed by atoms with van der Waals surface area (Å²) in [6.07, 6.45) is 5.35. The minimum Gasteiger partial charge on any atom is -0.508 e. The van der Waals surface area contributed by atoms with E-state index < -0.39 is 23.0 Å². The van der Waals surface area contributed by atoms with Gasteiger partial charge in [0.1, 0.15) is 17.6 Å². The molecule has 1 saturated heterocycles. The third kappa shape index (κ3) is 5.38. The minimum absolute atomic E-state index is 0.0196. The van der Waals surface area contributed by atoms with Gasteiger partial charge in [-0.2, -0.15) is 0 Å². The van der Waals surface area contributed by atoms with Crippen molar-refractivity contribution in [2.24, 2.45) is 39.4 Å². The number of aromatic hydroxyl groups is 1. The molecule has 5 N–H and O–H groups in total. The summed E-state index contributed by atoms with van der Waals surface area (Å²) >= 11 is 0. The minimum atomic E-state index is -0.777. The van der Waals surface area contributed by atoms with E-state index in [2.05, 4.69) is 51.3 Å². The van der Waals surface area contributed by atoms with Crippen LogP contribution in [0.25, 0.3) is 0 Å². The summed E-state index contributed by atoms with van der Waals surface area (Å²) in [5, 5.41) is 39.9. The van der Waals surface area contributed by atoms with Gasteiger partial charge in [-0.3, -0.25) is 9.59 Å². The number of ether oxygens (including phenoxy) is 1. The average molecular weight is 705 g/mol. The molecule has 7 rings (SSSR count). The van der Waals surface area contributed by atoms with E-state index >= 15 is 4.79 Å². The van der Waals surface area contributed by atoms with Crippen molar-refractivity contribution in [3.05, 3.63) is 40.5 Å². The highest BCUT2D eigenvalue weighted by molar-refractivity contribution is 6.01. The second-order valence-electron chi connectivity index (χ2n) is 19.6. The van der Waals surface area contributed by atoms with E-state index in [-0.39, 0.29) is 69.1 Å². The van der Waals surface area contributed by atoms with Crippen LogP contribution in [-0.4, -0.2) is 70.4 Å². The summed E-state index contributed by atoms with van der Waals surface area (Å²) in [7, 11) is 1.90. The first-order valence-electron chi connectivity index (χ1n) is 19.8. The molecule has 1 spiro atoms. The maximum atomic E-state index is 15.5. The highest BCUT2D eigenvalue weighted by Crippen LogP contribution is 2.77. The molecule has 5 fully saturated rings. The molecule has 282 valence electrons. The summed E-state index contributed by atoms with van der Waals surface area (Å²) in [6.45, 7) is 18.3. The van der Waals surface area contributed by atoms with E-state index in [9.17, 15) is 20.1 Å². The lowest BCUT2D eigenvalue weighted by atomic mass is 9.33. The number of fused-ring (bicyclic) bond motifs is 1. The molecule has 5 bridgehead atoms. The zero-order chi connectivity index (χ0) is 37.1. The Bertz CT molecular complexity index is 1630. The third-order valence-electron chi connectivity index (χ3n) is 15.5. The van der Waals surface area contributed by atoms with Gasteiger partial charge < -0.3 is 30.7 Å². The Labute approximate surface area is 305 Å². The lowest BCUT2D eigenvalue weighted by Crippen LogP contribution is -2.72. The zero-order valence-electron chi connectivity index (χ0n) is 32.6. The van der Waals surface area contributed by atoms with Crippen LogP contribution in [0.2, 0.25) is 0 Å². The number of Topliss-reactive ketones (excluding diaryl/α,β-unsaturated/α-hetero) is 2. The number of ketones is 2. The van der Waals surface area contributed by atoms with Crippen molar-refractivity contribution in [2.45, 2.75) is 155 Å². The molecule has 0 aromatic heterocycles. The van der Waals surface area contributed by atoms with Crippen molar-refractivity contribution in [3.63, 3.8) is 0 Å². The lowest BCUT2D eigenvalue weighted by Gasteiger charge is -2.71. The SMILES string of the molecule is CNCc1cc(O)cc([C@@]23CCC[C@]45CC(=O)C([C@H](C)C[C@@H](O)[C@@H]6OC6(C)C)=C4CCC4[C@](C)(C2)C([C@@H](NC[C@H](C)O)C[C@@]45C)C(C)(C)C3=O)c1. The quantitative estimate of drug-likeness (QED) is 0.184. The van der Waals surface area contributed by atoms with E-state index in [1.165, 1.54) is 5.57 Å². The third-order valence-corrected chi connectivity index (χ3v) is 15.5. The molecule has 11 atom stereocenters. The number of aliphatic hydroxyl groups is 2. The number of carbonyl (C=O) groups is 2. The van der Waals surface area contributed by atoms with E-state index in [1.807, 2.05) is 33.9 Å². The smallest absolute Gasteiger partial charge is 0.160 e. The highest BCUT2D eigenvalue weighted by atomic mass is 16.6. The first-order valence-corrected chi connectivity index (χ1v) is 19.8. The zero-order valence-corrected chi connectivity index (χ0v) is 32.6. The summed E-state index contributed by atoms with van der Waals surface area (Å²) in [5.74, 6) is 0.920. The molecule has 0 amide bonds. The van der Waals surface area contributed by atoms with E-state index in [4.69, 9.17) is 4.74 Å². The molecular formula is C43H64N2O6. The Balaban J connectivity index is 1.40. The number of carbonyl (C=O) groups excluding carboxylic acids is 2. The first kappa shape index (κ1) is 37.2. The Kier molecular flexibility index (Phi) is 8.91. The maximum Gasteiger partial charge on any atom is 0.160 e. The number of phenolic OH excluding ortho intramolecular Hbond substituents is 1. The predicted molar refractivity (Wildman–Crippen MR) is 198 cm³/mol. The van der Waals surface area contributed by atoms with Crippen LogP contribution in [0.4, 0.5) is 0 Å². The number of rotatable bonds is 10. The van der Waals surface area contributed by atoms with Crippen LogP contribution in [-0.2, 0) is 26.3 Å². The van der Waals surface area contributed by atoms with Crippen molar-refractivity contribution in [1.29, 1.82) is 0 Å². The highest BCUT2D eigenvalue weighted by Gasteiger charge is 2.74. The topological polar surface area (TPSA) is 131 Å². The monoisotopic (exact) mass is 704 g/mol. The van der Waals surface area contributed by atoms with Gasteiger partial charge in [-0.1, -0.05) is 52.7 Å². The van der Waals surface area contributed by atoms with Gasteiger partial charge in [0.25, 0.3) is 0 Å². The van der Waals surface area contributed by atoms with Gasteiger partial charge in [0.05, 0.1) is 23.2 Å². The molecule has 1 heterocycles. The number of benzene rings is 1.